The quantitative estimate of drug-likeness (QED) is 0.816. The first-order valence-electron chi connectivity index (χ1n) is 4.55. The second kappa shape index (κ2) is 3.69. The highest BCUT2D eigenvalue weighted by Gasteiger charge is 2.02. The fourth-order valence-corrected chi connectivity index (χ4v) is 1.55. The van der Waals surface area contributed by atoms with Crippen LogP contribution in [0.3, 0.4) is 0 Å². The molecule has 0 aliphatic carbocycles. The van der Waals surface area contributed by atoms with Gasteiger partial charge in [-0.1, -0.05) is 24.3 Å². The van der Waals surface area contributed by atoms with Gasteiger partial charge in [-0.05, 0) is 28.5 Å². The van der Waals surface area contributed by atoms with E-state index in [1.807, 2.05) is 0 Å². The van der Waals surface area contributed by atoms with E-state index in [-0.39, 0.29) is 12.2 Å². The van der Waals surface area contributed by atoms with Crippen molar-refractivity contribution < 1.29 is 14.3 Å². The van der Waals surface area contributed by atoms with Gasteiger partial charge in [-0.3, -0.25) is 4.79 Å². The molecule has 2 aromatic carbocycles. The number of carbonyl (C=O) groups is 1. The molecule has 2 aromatic rings. The maximum absolute atomic E-state index is 12.9. The van der Waals surface area contributed by atoms with E-state index in [0.717, 1.165) is 16.3 Å². The molecule has 0 saturated carbocycles. The summed E-state index contributed by atoms with van der Waals surface area (Å²) >= 11 is 0. The van der Waals surface area contributed by atoms with Crippen molar-refractivity contribution in [3.8, 4) is 0 Å². The lowest BCUT2D eigenvalue weighted by Crippen LogP contribution is -1.99. The molecule has 1 N–H and O–H groups in total. The Bertz CT molecular complexity index is 520. The molecule has 0 heterocycles. The van der Waals surface area contributed by atoms with Crippen molar-refractivity contribution in [3.05, 3.63) is 47.8 Å². The van der Waals surface area contributed by atoms with E-state index < -0.39 is 5.97 Å². The van der Waals surface area contributed by atoms with Gasteiger partial charge in [0.25, 0.3) is 0 Å². The molecule has 0 aliphatic rings. The minimum atomic E-state index is -0.864. The van der Waals surface area contributed by atoms with Gasteiger partial charge in [-0.25, -0.2) is 4.39 Å². The highest BCUT2D eigenvalue weighted by molar-refractivity contribution is 5.84. The molecule has 0 aliphatic heterocycles. The Morgan fingerprint density at radius 3 is 2.53 bits per heavy atom. The lowest BCUT2D eigenvalue weighted by atomic mass is 10.1. The molecule has 0 atom stereocenters. The summed E-state index contributed by atoms with van der Waals surface area (Å²) in [5.41, 5.74) is 0.724. The molecule has 0 saturated heterocycles. The first kappa shape index (κ1) is 9.65. The largest absolute Gasteiger partial charge is 0.481 e. The van der Waals surface area contributed by atoms with E-state index in [0.29, 0.717) is 0 Å². The molecular formula is C12H9FO2. The summed E-state index contributed by atoms with van der Waals surface area (Å²) in [4.78, 5) is 10.5. The van der Waals surface area contributed by atoms with Crippen LogP contribution in [0.4, 0.5) is 4.39 Å². The van der Waals surface area contributed by atoms with Crippen molar-refractivity contribution >= 4 is 16.7 Å². The lowest BCUT2D eigenvalue weighted by molar-refractivity contribution is -0.136. The summed E-state index contributed by atoms with van der Waals surface area (Å²) in [7, 11) is 0. The van der Waals surface area contributed by atoms with Gasteiger partial charge in [0.2, 0.25) is 0 Å². The second-order valence-corrected chi connectivity index (χ2v) is 3.40. The number of fused-ring (bicyclic) bond motifs is 1. The Labute approximate surface area is 86.0 Å². The highest BCUT2D eigenvalue weighted by Crippen LogP contribution is 2.17. The lowest BCUT2D eigenvalue weighted by Gasteiger charge is -2.01. The third kappa shape index (κ3) is 2.13. The van der Waals surface area contributed by atoms with Crippen LogP contribution in [0.2, 0.25) is 0 Å². The fourth-order valence-electron chi connectivity index (χ4n) is 1.55. The van der Waals surface area contributed by atoms with Crippen LogP contribution in [0, 0.1) is 5.82 Å². The third-order valence-electron chi connectivity index (χ3n) is 2.22. The van der Waals surface area contributed by atoms with Crippen LogP contribution >= 0.6 is 0 Å². The van der Waals surface area contributed by atoms with Crippen molar-refractivity contribution in [2.75, 3.05) is 0 Å². The number of benzene rings is 2. The number of hydrogen-bond donors (Lipinski definition) is 1. The third-order valence-corrected chi connectivity index (χ3v) is 2.22. The van der Waals surface area contributed by atoms with E-state index in [9.17, 15) is 9.18 Å². The van der Waals surface area contributed by atoms with Gasteiger partial charge in [0.1, 0.15) is 5.82 Å². The number of carboxylic acid groups (broad SMARTS) is 1. The summed E-state index contributed by atoms with van der Waals surface area (Å²) in [5.74, 6) is -1.15. The molecule has 0 fully saturated rings. The van der Waals surface area contributed by atoms with Crippen LogP contribution in [0.1, 0.15) is 5.56 Å². The average Bonchev–Trinajstić information content (AvgIpc) is 2.17. The number of rotatable bonds is 2. The zero-order chi connectivity index (χ0) is 10.8. The van der Waals surface area contributed by atoms with Crippen molar-refractivity contribution in [2.24, 2.45) is 0 Å². The van der Waals surface area contributed by atoms with Crippen molar-refractivity contribution in [3.63, 3.8) is 0 Å². The minimum Gasteiger partial charge on any atom is -0.481 e. The average molecular weight is 204 g/mol. The summed E-state index contributed by atoms with van der Waals surface area (Å²) in [6, 6.07) is 9.65. The van der Waals surface area contributed by atoms with Gasteiger partial charge >= 0.3 is 5.97 Å². The van der Waals surface area contributed by atoms with Gasteiger partial charge in [-0.15, -0.1) is 0 Å². The van der Waals surface area contributed by atoms with E-state index >= 15 is 0 Å². The van der Waals surface area contributed by atoms with Crippen molar-refractivity contribution in [1.82, 2.24) is 0 Å². The van der Waals surface area contributed by atoms with Crippen LogP contribution in [-0.4, -0.2) is 11.1 Å². The Balaban J connectivity index is 2.47. The second-order valence-electron chi connectivity index (χ2n) is 3.40. The topological polar surface area (TPSA) is 37.3 Å². The van der Waals surface area contributed by atoms with Crippen LogP contribution in [-0.2, 0) is 11.2 Å². The summed E-state index contributed by atoms with van der Waals surface area (Å²) < 4.78 is 12.9. The Morgan fingerprint density at radius 2 is 1.80 bits per heavy atom. The maximum Gasteiger partial charge on any atom is 0.307 e. The Morgan fingerprint density at radius 1 is 1.13 bits per heavy atom. The van der Waals surface area contributed by atoms with Crippen molar-refractivity contribution in [2.45, 2.75) is 6.42 Å². The minimum absolute atomic E-state index is 0.00663. The SMILES string of the molecule is O=C(O)Cc1ccc2cc(F)ccc2c1. The smallest absolute Gasteiger partial charge is 0.307 e. The molecule has 15 heavy (non-hydrogen) atoms. The van der Waals surface area contributed by atoms with Gasteiger partial charge < -0.3 is 5.11 Å². The van der Waals surface area contributed by atoms with Gasteiger partial charge in [0, 0.05) is 0 Å². The fraction of sp³-hybridized carbons (Fsp3) is 0.0833. The molecule has 0 unspecified atom stereocenters. The predicted octanol–water partition coefficient (Wildman–Crippen LogP) is 2.61. The molecule has 0 spiro atoms. The first-order valence-corrected chi connectivity index (χ1v) is 4.55. The Hall–Kier alpha value is -1.90. The maximum atomic E-state index is 12.9. The van der Waals surface area contributed by atoms with Crippen molar-refractivity contribution in [1.29, 1.82) is 0 Å². The molecule has 0 amide bonds. The van der Waals surface area contributed by atoms with Gasteiger partial charge in [-0.2, -0.15) is 0 Å². The zero-order valence-electron chi connectivity index (χ0n) is 7.90. The van der Waals surface area contributed by atoms with Crippen LogP contribution in [0.25, 0.3) is 10.8 Å². The first-order chi connectivity index (χ1) is 7.15. The molecule has 3 heteroatoms. The van der Waals surface area contributed by atoms with Crippen LogP contribution < -0.4 is 0 Å². The molecular weight excluding hydrogens is 195 g/mol. The predicted molar refractivity (Wildman–Crippen MR) is 55.2 cm³/mol. The molecule has 76 valence electrons. The molecule has 2 rings (SSSR count). The Kier molecular flexibility index (Phi) is 2.37. The summed E-state index contributed by atoms with van der Waals surface area (Å²) in [6.07, 6.45) is -0.00663. The summed E-state index contributed by atoms with van der Waals surface area (Å²) in [6.45, 7) is 0. The molecule has 2 nitrogen and oxygen atoms in total. The standard InChI is InChI=1S/C12H9FO2/c13-11-4-3-9-5-8(6-12(14)15)1-2-10(9)7-11/h1-5,7H,6H2,(H,14,15). The highest BCUT2D eigenvalue weighted by atomic mass is 19.1. The number of halogens is 1. The van der Waals surface area contributed by atoms with E-state index in [1.165, 1.54) is 12.1 Å². The normalized spacial score (nSPS) is 10.5. The summed E-state index contributed by atoms with van der Waals surface area (Å²) in [5, 5.41) is 10.3. The van der Waals surface area contributed by atoms with E-state index in [4.69, 9.17) is 5.11 Å². The van der Waals surface area contributed by atoms with Crippen LogP contribution in [0.15, 0.2) is 36.4 Å². The number of hydrogen-bond acceptors (Lipinski definition) is 1. The van der Waals surface area contributed by atoms with E-state index in [2.05, 4.69) is 0 Å². The molecule has 0 radical (unpaired) electrons. The zero-order valence-corrected chi connectivity index (χ0v) is 7.90. The van der Waals surface area contributed by atoms with E-state index in [1.54, 1.807) is 24.3 Å². The number of aliphatic carboxylic acids is 1. The number of carboxylic acids is 1. The molecule has 0 bridgehead atoms. The van der Waals surface area contributed by atoms with Crippen LogP contribution in [0.5, 0.6) is 0 Å². The van der Waals surface area contributed by atoms with Gasteiger partial charge in [0.05, 0.1) is 6.42 Å². The van der Waals surface area contributed by atoms with Gasteiger partial charge in [0.15, 0.2) is 0 Å². The monoisotopic (exact) mass is 204 g/mol. The molecule has 0 aromatic heterocycles.